The highest BCUT2D eigenvalue weighted by Crippen LogP contribution is 2.31. The number of esters is 1. The number of nitro benzene ring substituents is 1. The van der Waals surface area contributed by atoms with Crippen LogP contribution < -0.4 is 0 Å². The number of fused-ring (bicyclic) bond motifs is 1. The summed E-state index contributed by atoms with van der Waals surface area (Å²) in [5, 5.41) is 11.8. The zero-order chi connectivity index (χ0) is 21.4. The van der Waals surface area contributed by atoms with Crippen LogP contribution in [0.5, 0.6) is 0 Å². The minimum absolute atomic E-state index is 0.0316. The normalized spacial score (nSPS) is 10.9. The van der Waals surface area contributed by atoms with Gasteiger partial charge in [-0.3, -0.25) is 19.5 Å². The van der Waals surface area contributed by atoms with E-state index in [9.17, 15) is 19.7 Å². The van der Waals surface area contributed by atoms with Crippen LogP contribution in [-0.4, -0.2) is 28.5 Å². The molecule has 8 nitrogen and oxygen atoms in total. The van der Waals surface area contributed by atoms with Gasteiger partial charge in [-0.25, -0.2) is 4.79 Å². The van der Waals surface area contributed by atoms with Gasteiger partial charge < -0.3 is 9.15 Å². The molecule has 0 saturated heterocycles. The molecule has 150 valence electrons. The van der Waals surface area contributed by atoms with Crippen molar-refractivity contribution in [1.29, 1.82) is 0 Å². The number of para-hydroxylation sites is 1. The van der Waals surface area contributed by atoms with E-state index >= 15 is 0 Å². The van der Waals surface area contributed by atoms with Gasteiger partial charge in [0.25, 0.3) is 11.6 Å². The molecule has 0 aliphatic heterocycles. The quantitative estimate of drug-likeness (QED) is 0.280. The van der Waals surface area contributed by atoms with Crippen LogP contribution in [0.4, 0.5) is 5.69 Å². The number of hydrogen-bond acceptors (Lipinski definition) is 6. The van der Waals surface area contributed by atoms with E-state index in [0.717, 1.165) is 0 Å². The predicted octanol–water partition coefficient (Wildman–Crippen LogP) is 4.59. The first-order valence-corrected chi connectivity index (χ1v) is 8.99. The summed E-state index contributed by atoms with van der Waals surface area (Å²) in [7, 11) is 1.27. The van der Waals surface area contributed by atoms with E-state index in [1.54, 1.807) is 49.4 Å². The fourth-order valence-electron chi connectivity index (χ4n) is 3.42. The zero-order valence-corrected chi connectivity index (χ0v) is 16.1. The first kappa shape index (κ1) is 19.1. The summed E-state index contributed by atoms with van der Waals surface area (Å²) in [4.78, 5) is 35.9. The second-order valence-electron chi connectivity index (χ2n) is 6.60. The number of aromatic nitrogens is 1. The molecule has 0 aliphatic carbocycles. The molecule has 0 amide bonds. The van der Waals surface area contributed by atoms with Gasteiger partial charge in [0, 0.05) is 28.8 Å². The third kappa shape index (κ3) is 3.04. The maximum atomic E-state index is 13.1. The molecule has 8 heteroatoms. The monoisotopic (exact) mass is 404 g/mol. The molecular formula is C22H16N2O6. The van der Waals surface area contributed by atoms with Crippen molar-refractivity contribution in [3.05, 3.63) is 87.8 Å². The van der Waals surface area contributed by atoms with Crippen molar-refractivity contribution in [3.63, 3.8) is 0 Å². The van der Waals surface area contributed by atoms with Crippen molar-refractivity contribution >= 4 is 28.5 Å². The van der Waals surface area contributed by atoms with Crippen LogP contribution in [0.15, 0.2) is 65.2 Å². The van der Waals surface area contributed by atoms with Gasteiger partial charge in [-0.15, -0.1) is 0 Å². The SMILES string of the molecule is COC(=O)c1cn(C(=O)c2ccc(-c3cccc([N+](=O)[O-])c3C)o2)c2ccccc12. The number of ether oxygens (including phenoxy) is 1. The number of benzene rings is 2. The molecule has 0 spiro atoms. The molecule has 30 heavy (non-hydrogen) atoms. The highest BCUT2D eigenvalue weighted by Gasteiger charge is 2.23. The highest BCUT2D eigenvalue weighted by atomic mass is 16.6. The average molecular weight is 404 g/mol. The standard InChI is InChI=1S/C22H16N2O6/c1-13-14(7-5-9-17(13)24(27)28)19-10-11-20(30-19)21(25)23-12-16(22(26)29-2)15-6-3-4-8-18(15)23/h3-12H,1-2H3. The molecular weight excluding hydrogens is 388 g/mol. The Labute approximate surface area is 170 Å². The number of methoxy groups -OCH3 is 1. The Hall–Kier alpha value is -4.20. The van der Waals surface area contributed by atoms with E-state index in [1.807, 2.05) is 0 Å². The predicted molar refractivity (Wildman–Crippen MR) is 109 cm³/mol. The zero-order valence-electron chi connectivity index (χ0n) is 16.1. The largest absolute Gasteiger partial charge is 0.465 e. The molecule has 0 radical (unpaired) electrons. The van der Waals surface area contributed by atoms with E-state index in [4.69, 9.17) is 9.15 Å². The Morgan fingerprint density at radius 2 is 1.83 bits per heavy atom. The van der Waals surface area contributed by atoms with Gasteiger partial charge in [0.2, 0.25) is 0 Å². The summed E-state index contributed by atoms with van der Waals surface area (Å²) >= 11 is 0. The summed E-state index contributed by atoms with van der Waals surface area (Å²) < 4.78 is 11.9. The van der Waals surface area contributed by atoms with Crippen molar-refractivity contribution in [3.8, 4) is 11.3 Å². The van der Waals surface area contributed by atoms with Crippen LogP contribution in [0.2, 0.25) is 0 Å². The minimum Gasteiger partial charge on any atom is -0.465 e. The van der Waals surface area contributed by atoms with Crippen molar-refractivity contribution in [2.45, 2.75) is 6.92 Å². The van der Waals surface area contributed by atoms with Crippen molar-refractivity contribution in [2.24, 2.45) is 0 Å². The molecule has 2 aromatic carbocycles. The molecule has 0 saturated carbocycles. The van der Waals surface area contributed by atoms with Gasteiger partial charge in [-0.05, 0) is 25.1 Å². The fraction of sp³-hybridized carbons (Fsp3) is 0.0909. The second-order valence-corrected chi connectivity index (χ2v) is 6.60. The molecule has 4 aromatic rings. The van der Waals surface area contributed by atoms with E-state index in [0.29, 0.717) is 27.8 Å². The number of furan rings is 1. The third-order valence-electron chi connectivity index (χ3n) is 4.92. The fourth-order valence-corrected chi connectivity index (χ4v) is 3.42. The van der Waals surface area contributed by atoms with Gasteiger partial charge >= 0.3 is 5.97 Å². The van der Waals surface area contributed by atoms with Crippen LogP contribution in [0.25, 0.3) is 22.2 Å². The van der Waals surface area contributed by atoms with Gasteiger partial charge in [-0.2, -0.15) is 0 Å². The minimum atomic E-state index is -0.551. The molecule has 2 heterocycles. The molecule has 0 fully saturated rings. The lowest BCUT2D eigenvalue weighted by molar-refractivity contribution is -0.385. The van der Waals surface area contributed by atoms with E-state index in [2.05, 4.69) is 0 Å². The van der Waals surface area contributed by atoms with E-state index in [-0.39, 0.29) is 17.0 Å². The molecule has 4 rings (SSSR count). The summed E-state index contributed by atoms with van der Waals surface area (Å²) in [6.45, 7) is 1.62. The van der Waals surface area contributed by atoms with Crippen molar-refractivity contribution in [1.82, 2.24) is 4.57 Å². The van der Waals surface area contributed by atoms with E-state index in [1.165, 1.54) is 30.0 Å². The number of hydrogen-bond donors (Lipinski definition) is 0. The molecule has 0 N–H and O–H groups in total. The van der Waals surface area contributed by atoms with Crippen LogP contribution in [0.3, 0.4) is 0 Å². The topological polar surface area (TPSA) is 105 Å². The number of nitro groups is 1. The molecule has 0 bridgehead atoms. The summed E-state index contributed by atoms with van der Waals surface area (Å²) in [5.74, 6) is -0.655. The van der Waals surface area contributed by atoms with Crippen molar-refractivity contribution < 1.29 is 23.7 Å². The first-order valence-electron chi connectivity index (χ1n) is 8.99. The van der Waals surface area contributed by atoms with Crippen LogP contribution in [-0.2, 0) is 4.74 Å². The van der Waals surface area contributed by atoms with Crippen LogP contribution >= 0.6 is 0 Å². The average Bonchev–Trinajstić information content (AvgIpc) is 3.38. The molecule has 2 aromatic heterocycles. The third-order valence-corrected chi connectivity index (χ3v) is 4.92. The van der Waals surface area contributed by atoms with Crippen LogP contribution in [0.1, 0.15) is 26.5 Å². The van der Waals surface area contributed by atoms with Crippen LogP contribution in [0, 0.1) is 17.0 Å². The molecule has 0 unspecified atom stereocenters. The lowest BCUT2D eigenvalue weighted by Crippen LogP contribution is -2.10. The Morgan fingerprint density at radius 1 is 1.07 bits per heavy atom. The second kappa shape index (κ2) is 7.32. The van der Waals surface area contributed by atoms with E-state index < -0.39 is 16.8 Å². The lowest BCUT2D eigenvalue weighted by atomic mass is 10.1. The Kier molecular flexibility index (Phi) is 4.67. The smallest absolute Gasteiger partial charge is 0.340 e. The van der Waals surface area contributed by atoms with Gasteiger partial charge in [0.05, 0.1) is 23.1 Å². The summed E-state index contributed by atoms with van der Waals surface area (Å²) in [6.07, 6.45) is 1.42. The Bertz CT molecular complexity index is 1310. The highest BCUT2D eigenvalue weighted by molar-refractivity contribution is 6.09. The van der Waals surface area contributed by atoms with Crippen molar-refractivity contribution in [2.75, 3.05) is 7.11 Å². The maximum absolute atomic E-state index is 13.1. The summed E-state index contributed by atoms with van der Waals surface area (Å²) in [5.41, 5.74) is 1.73. The molecule has 0 atom stereocenters. The lowest BCUT2D eigenvalue weighted by Gasteiger charge is -2.04. The number of nitrogens with zero attached hydrogens (tertiary/aromatic N) is 2. The number of carbonyl (C=O) groups is 2. The number of rotatable bonds is 4. The van der Waals surface area contributed by atoms with Gasteiger partial charge in [-0.1, -0.05) is 30.3 Å². The number of carbonyl (C=O) groups excluding carboxylic acids is 2. The summed E-state index contributed by atoms with van der Waals surface area (Å²) in [6, 6.07) is 14.7. The van der Waals surface area contributed by atoms with Gasteiger partial charge in [0.1, 0.15) is 5.76 Å². The molecule has 0 aliphatic rings. The van der Waals surface area contributed by atoms with Gasteiger partial charge in [0.15, 0.2) is 5.76 Å². The first-order chi connectivity index (χ1) is 14.4. The maximum Gasteiger partial charge on any atom is 0.340 e. The Balaban J connectivity index is 1.77. The Morgan fingerprint density at radius 3 is 2.57 bits per heavy atom.